The second-order valence-corrected chi connectivity index (χ2v) is 5.40. The molecule has 0 bridgehead atoms. The number of carbonyl (C=O) groups is 1. The van der Waals surface area contributed by atoms with Crippen molar-refractivity contribution in [2.75, 3.05) is 0 Å². The van der Waals surface area contributed by atoms with Crippen LogP contribution < -0.4 is 0 Å². The largest absolute Gasteiger partial charge is 0.317 e. The van der Waals surface area contributed by atoms with E-state index < -0.39 is 0 Å². The van der Waals surface area contributed by atoms with Gasteiger partial charge in [-0.1, -0.05) is 13.0 Å². The summed E-state index contributed by atoms with van der Waals surface area (Å²) in [5, 5.41) is 0. The lowest BCUT2D eigenvalue weighted by Gasteiger charge is -2.20. The fraction of sp³-hybridized carbons (Fsp3) is 0.312. The third kappa shape index (κ3) is 1.99. The molecule has 0 fully saturated rings. The Labute approximate surface area is 111 Å². The fourth-order valence-corrected chi connectivity index (χ4v) is 2.94. The summed E-state index contributed by atoms with van der Waals surface area (Å²) in [6.45, 7) is 4.04. The van der Waals surface area contributed by atoms with E-state index in [0.29, 0.717) is 12.3 Å². The molecule has 2 aromatic rings. The van der Waals surface area contributed by atoms with Gasteiger partial charge in [-0.2, -0.15) is 0 Å². The molecule has 1 heterocycles. The van der Waals surface area contributed by atoms with Gasteiger partial charge in [0.15, 0.2) is 5.78 Å². The van der Waals surface area contributed by atoms with Crippen LogP contribution in [-0.2, 0) is 6.42 Å². The number of hydrogen-bond donors (Lipinski definition) is 0. The maximum Gasteiger partial charge on any atom is 0.164 e. The third-order valence-corrected chi connectivity index (χ3v) is 3.73. The molecule has 0 aliphatic heterocycles. The number of hydrogen-bond acceptors (Lipinski definition) is 1. The van der Waals surface area contributed by atoms with E-state index in [9.17, 15) is 9.18 Å². The predicted molar refractivity (Wildman–Crippen MR) is 72.3 cm³/mol. The Balaban J connectivity index is 2.20. The summed E-state index contributed by atoms with van der Waals surface area (Å²) in [6, 6.07) is 8.44. The first-order chi connectivity index (χ1) is 9.06. The number of ketones is 1. The molecule has 98 valence electrons. The molecule has 3 rings (SSSR count). The molecular formula is C16H16FNO. The summed E-state index contributed by atoms with van der Waals surface area (Å²) in [5.74, 6) is 0.295. The summed E-state index contributed by atoms with van der Waals surface area (Å²) < 4.78 is 15.4. The van der Waals surface area contributed by atoms with Crippen molar-refractivity contribution in [3.05, 3.63) is 53.1 Å². The highest BCUT2D eigenvalue weighted by molar-refractivity contribution is 5.98. The van der Waals surface area contributed by atoms with Gasteiger partial charge in [0.1, 0.15) is 5.82 Å². The quantitative estimate of drug-likeness (QED) is 0.763. The number of aryl methyl sites for hydroxylation is 1. The summed E-state index contributed by atoms with van der Waals surface area (Å²) in [4.78, 5) is 12.1. The van der Waals surface area contributed by atoms with Crippen molar-refractivity contribution >= 4 is 5.78 Å². The van der Waals surface area contributed by atoms with Crippen LogP contribution in [0, 0.1) is 18.7 Å². The Hall–Kier alpha value is -1.90. The molecule has 0 unspecified atom stereocenters. The molecule has 0 N–H and O–H groups in total. The topological polar surface area (TPSA) is 22.0 Å². The zero-order valence-electron chi connectivity index (χ0n) is 11.1. The average Bonchev–Trinajstić information content (AvgIpc) is 2.66. The summed E-state index contributed by atoms with van der Waals surface area (Å²) >= 11 is 0. The number of halogens is 1. The van der Waals surface area contributed by atoms with Gasteiger partial charge in [0.2, 0.25) is 0 Å². The minimum atomic E-state index is -0.255. The minimum Gasteiger partial charge on any atom is -0.317 e. The van der Waals surface area contributed by atoms with E-state index in [-0.39, 0.29) is 11.6 Å². The Bertz CT molecular complexity index is 657. The summed E-state index contributed by atoms with van der Waals surface area (Å²) in [5.41, 5.74) is 3.60. The molecule has 1 atom stereocenters. The Morgan fingerprint density at radius 3 is 2.79 bits per heavy atom. The van der Waals surface area contributed by atoms with Gasteiger partial charge in [0.05, 0.1) is 0 Å². The second kappa shape index (κ2) is 4.34. The van der Waals surface area contributed by atoms with Gasteiger partial charge >= 0.3 is 0 Å². The van der Waals surface area contributed by atoms with Crippen molar-refractivity contribution in [2.24, 2.45) is 5.92 Å². The average molecular weight is 257 g/mol. The van der Waals surface area contributed by atoms with E-state index in [1.54, 1.807) is 6.07 Å². The molecule has 1 aromatic carbocycles. The predicted octanol–water partition coefficient (Wildman–Crippen LogP) is 3.69. The van der Waals surface area contributed by atoms with Gasteiger partial charge < -0.3 is 4.57 Å². The van der Waals surface area contributed by atoms with Crippen LogP contribution in [0.4, 0.5) is 4.39 Å². The first kappa shape index (κ1) is 12.2. The molecule has 0 amide bonds. The summed E-state index contributed by atoms with van der Waals surface area (Å²) in [6.07, 6.45) is 1.48. The normalized spacial score (nSPS) is 18.5. The number of Topliss-reactive ketones (excluding diaryl/α,β-unsaturated/α-hetero) is 1. The van der Waals surface area contributed by atoms with Gasteiger partial charge in [-0.05, 0) is 43.5 Å². The molecule has 0 saturated heterocycles. The fourth-order valence-electron chi connectivity index (χ4n) is 2.94. The smallest absolute Gasteiger partial charge is 0.164 e. The van der Waals surface area contributed by atoms with Crippen LogP contribution in [0.2, 0.25) is 0 Å². The maximum atomic E-state index is 13.4. The summed E-state index contributed by atoms with van der Waals surface area (Å²) in [7, 11) is 0. The molecule has 0 spiro atoms. The molecule has 1 aliphatic rings. The van der Waals surface area contributed by atoms with Crippen LogP contribution in [0.5, 0.6) is 0 Å². The number of rotatable bonds is 1. The Morgan fingerprint density at radius 1 is 1.26 bits per heavy atom. The third-order valence-electron chi connectivity index (χ3n) is 3.73. The van der Waals surface area contributed by atoms with E-state index in [4.69, 9.17) is 0 Å². The SMILES string of the molecule is Cc1cc2c(n1-c1cccc(F)c1)C[C@@H](C)CC2=O. The van der Waals surface area contributed by atoms with Gasteiger partial charge in [-0.15, -0.1) is 0 Å². The van der Waals surface area contributed by atoms with E-state index in [1.165, 1.54) is 12.1 Å². The van der Waals surface area contributed by atoms with E-state index >= 15 is 0 Å². The Morgan fingerprint density at radius 2 is 2.05 bits per heavy atom. The second-order valence-electron chi connectivity index (χ2n) is 5.40. The van der Waals surface area contributed by atoms with Crippen molar-refractivity contribution in [3.8, 4) is 5.69 Å². The number of fused-ring (bicyclic) bond motifs is 1. The highest BCUT2D eigenvalue weighted by Gasteiger charge is 2.27. The maximum absolute atomic E-state index is 13.4. The molecular weight excluding hydrogens is 241 g/mol. The van der Waals surface area contributed by atoms with Crippen LogP contribution >= 0.6 is 0 Å². The molecule has 1 aliphatic carbocycles. The van der Waals surface area contributed by atoms with Crippen molar-refractivity contribution in [1.82, 2.24) is 4.57 Å². The molecule has 0 radical (unpaired) electrons. The minimum absolute atomic E-state index is 0.201. The first-order valence-corrected chi connectivity index (χ1v) is 6.56. The lowest BCUT2D eigenvalue weighted by molar-refractivity contribution is 0.0952. The highest BCUT2D eigenvalue weighted by Crippen LogP contribution is 2.30. The molecule has 19 heavy (non-hydrogen) atoms. The van der Waals surface area contributed by atoms with Crippen LogP contribution in [0.1, 0.15) is 35.1 Å². The lowest BCUT2D eigenvalue weighted by atomic mass is 9.88. The standard InChI is InChI=1S/C16H16FNO/c1-10-6-15-14(16(19)7-10)8-11(2)18(15)13-5-3-4-12(17)9-13/h3-5,8-10H,6-7H2,1-2H3/t10-/m1/s1. The molecule has 3 heteroatoms. The van der Waals surface area contributed by atoms with Crippen LogP contribution in [-0.4, -0.2) is 10.4 Å². The van der Waals surface area contributed by atoms with Crippen molar-refractivity contribution in [1.29, 1.82) is 0 Å². The molecule has 1 aromatic heterocycles. The zero-order valence-corrected chi connectivity index (χ0v) is 11.1. The number of nitrogens with zero attached hydrogens (tertiary/aromatic N) is 1. The van der Waals surface area contributed by atoms with Gasteiger partial charge in [0.25, 0.3) is 0 Å². The first-order valence-electron chi connectivity index (χ1n) is 6.56. The van der Waals surface area contributed by atoms with Gasteiger partial charge in [0, 0.05) is 29.1 Å². The van der Waals surface area contributed by atoms with Crippen molar-refractivity contribution in [3.63, 3.8) is 0 Å². The van der Waals surface area contributed by atoms with Crippen LogP contribution in [0.15, 0.2) is 30.3 Å². The van der Waals surface area contributed by atoms with E-state index in [0.717, 1.165) is 29.1 Å². The lowest BCUT2D eigenvalue weighted by Crippen LogP contribution is -2.19. The van der Waals surface area contributed by atoms with Crippen molar-refractivity contribution in [2.45, 2.75) is 26.7 Å². The highest BCUT2D eigenvalue weighted by atomic mass is 19.1. The van der Waals surface area contributed by atoms with Crippen LogP contribution in [0.25, 0.3) is 5.69 Å². The van der Waals surface area contributed by atoms with Gasteiger partial charge in [-0.25, -0.2) is 4.39 Å². The monoisotopic (exact) mass is 257 g/mol. The number of carbonyl (C=O) groups excluding carboxylic acids is 1. The van der Waals surface area contributed by atoms with Crippen molar-refractivity contribution < 1.29 is 9.18 Å². The molecule has 0 saturated carbocycles. The Kier molecular flexibility index (Phi) is 2.77. The number of aromatic nitrogens is 1. The number of benzene rings is 1. The van der Waals surface area contributed by atoms with E-state index in [2.05, 4.69) is 6.92 Å². The van der Waals surface area contributed by atoms with E-state index in [1.807, 2.05) is 23.6 Å². The molecule has 2 nitrogen and oxygen atoms in total. The zero-order chi connectivity index (χ0) is 13.6. The van der Waals surface area contributed by atoms with Gasteiger partial charge in [-0.3, -0.25) is 4.79 Å². The van der Waals surface area contributed by atoms with Crippen LogP contribution in [0.3, 0.4) is 0 Å².